The molecule has 2 aromatic carbocycles. The summed E-state index contributed by atoms with van der Waals surface area (Å²) >= 11 is 1.80. The average molecular weight is 353 g/mol. The van der Waals surface area contributed by atoms with Gasteiger partial charge in [-0.05, 0) is 43.5 Å². The molecule has 0 aliphatic carbocycles. The fourth-order valence-electron chi connectivity index (χ4n) is 3.33. The minimum absolute atomic E-state index is 0.924. The Kier molecular flexibility index (Phi) is 3.74. The van der Waals surface area contributed by atoms with Crippen LogP contribution in [0.4, 0.5) is 5.69 Å². The first-order chi connectivity index (χ1) is 11.7. The van der Waals surface area contributed by atoms with Crippen LogP contribution in [-0.2, 0) is 0 Å². The van der Waals surface area contributed by atoms with Crippen LogP contribution in [0.3, 0.4) is 0 Å². The van der Waals surface area contributed by atoms with E-state index in [1.54, 1.807) is 11.3 Å². The third kappa shape index (κ3) is 2.00. The molecule has 0 N–H and O–H groups in total. The molecular weight excluding hydrogens is 332 g/mol. The molecular formula is C20H20N2S2. The van der Waals surface area contributed by atoms with Crippen molar-refractivity contribution in [3.05, 3.63) is 71.6 Å². The largest absolute Gasteiger partial charge is 0.336 e. The maximum atomic E-state index is 5.02. The molecule has 24 heavy (non-hydrogen) atoms. The van der Waals surface area contributed by atoms with Gasteiger partial charge in [0.2, 0.25) is 0 Å². The van der Waals surface area contributed by atoms with Gasteiger partial charge in [-0.2, -0.15) is 0 Å². The molecule has 122 valence electrons. The van der Waals surface area contributed by atoms with Gasteiger partial charge >= 0.3 is 0 Å². The number of anilines is 1. The van der Waals surface area contributed by atoms with Crippen LogP contribution in [0.25, 0.3) is 10.2 Å². The number of rotatable bonds is 3. The molecule has 2 heterocycles. The van der Waals surface area contributed by atoms with Crippen molar-refractivity contribution in [2.45, 2.75) is 23.1 Å². The summed E-state index contributed by atoms with van der Waals surface area (Å²) in [6.07, 6.45) is 2.16. The third-order valence-electron chi connectivity index (χ3n) is 4.38. The van der Waals surface area contributed by atoms with E-state index in [0.717, 1.165) is 12.1 Å². The smallest absolute Gasteiger partial charge is 0.146 e. The second kappa shape index (κ2) is 5.80. The van der Waals surface area contributed by atoms with E-state index in [0.29, 0.717) is 0 Å². The van der Waals surface area contributed by atoms with E-state index >= 15 is 0 Å². The standard InChI is InChI=1S/C20H20N2S2/c1-4-14-24(20-21-16-10-6-8-12-18(16)23-20)15(3)22(5-2)17-11-7-9-13-19(17)24/h4,6-14H,3,5H2,1-2H3. The first-order valence-electron chi connectivity index (χ1n) is 8.09. The quantitative estimate of drug-likeness (QED) is 0.545. The maximum absolute atomic E-state index is 5.02. The predicted molar refractivity (Wildman–Crippen MR) is 107 cm³/mol. The molecule has 2 nitrogen and oxygen atoms in total. The van der Waals surface area contributed by atoms with Gasteiger partial charge in [0.25, 0.3) is 0 Å². The van der Waals surface area contributed by atoms with Gasteiger partial charge in [-0.3, -0.25) is 0 Å². The summed E-state index contributed by atoms with van der Waals surface area (Å²) in [5.41, 5.74) is 2.35. The van der Waals surface area contributed by atoms with E-state index in [1.807, 2.05) is 0 Å². The molecule has 0 amide bonds. The molecule has 1 aliphatic rings. The Bertz CT molecular complexity index is 924. The highest BCUT2D eigenvalue weighted by Gasteiger charge is 2.43. The van der Waals surface area contributed by atoms with Crippen LogP contribution >= 0.6 is 21.4 Å². The first-order valence-corrected chi connectivity index (χ1v) is 10.6. The summed E-state index contributed by atoms with van der Waals surface area (Å²) in [4.78, 5) is 8.72. The Morgan fingerprint density at radius 1 is 1.17 bits per heavy atom. The highest BCUT2D eigenvalue weighted by atomic mass is 32.3. The van der Waals surface area contributed by atoms with Crippen molar-refractivity contribution in [2.75, 3.05) is 11.4 Å². The lowest BCUT2D eigenvalue weighted by atomic mass is 10.3. The Balaban J connectivity index is 2.04. The molecule has 4 heteroatoms. The number of para-hydroxylation sites is 2. The SMILES string of the molecule is C=C1N(CC)c2ccccc2S1(C=CC)c1nc2ccccc2s1. The molecule has 1 unspecified atom stereocenters. The van der Waals surface area contributed by atoms with Crippen LogP contribution in [0, 0.1) is 0 Å². The van der Waals surface area contributed by atoms with Gasteiger partial charge < -0.3 is 4.90 Å². The number of nitrogens with zero attached hydrogens (tertiary/aromatic N) is 2. The summed E-state index contributed by atoms with van der Waals surface area (Å²) in [5.74, 6) is 0. The summed E-state index contributed by atoms with van der Waals surface area (Å²) in [5, 5.41) is 3.50. The van der Waals surface area contributed by atoms with Gasteiger partial charge in [0.15, 0.2) is 0 Å². The van der Waals surface area contributed by atoms with E-state index < -0.39 is 10.0 Å². The van der Waals surface area contributed by atoms with E-state index in [4.69, 9.17) is 4.98 Å². The van der Waals surface area contributed by atoms with Gasteiger partial charge in [0, 0.05) is 11.4 Å². The van der Waals surface area contributed by atoms with Crippen molar-refractivity contribution in [2.24, 2.45) is 0 Å². The Morgan fingerprint density at radius 2 is 1.92 bits per heavy atom. The highest BCUT2D eigenvalue weighted by molar-refractivity contribution is 8.40. The second-order valence-electron chi connectivity index (χ2n) is 5.68. The number of thiazole rings is 1. The van der Waals surface area contributed by atoms with Gasteiger partial charge in [-0.15, -0.1) is 11.3 Å². The van der Waals surface area contributed by atoms with Crippen LogP contribution in [0.1, 0.15) is 13.8 Å². The van der Waals surface area contributed by atoms with Crippen LogP contribution in [0.2, 0.25) is 0 Å². The van der Waals surface area contributed by atoms with Gasteiger partial charge in [0.1, 0.15) is 4.34 Å². The predicted octanol–water partition coefficient (Wildman–Crippen LogP) is 6.36. The topological polar surface area (TPSA) is 16.1 Å². The van der Waals surface area contributed by atoms with Gasteiger partial charge in [0.05, 0.1) is 20.9 Å². The zero-order chi connectivity index (χ0) is 16.7. The summed E-state index contributed by atoms with van der Waals surface area (Å²) < 4.78 is 2.42. The van der Waals surface area contributed by atoms with Crippen LogP contribution < -0.4 is 4.90 Å². The van der Waals surface area contributed by atoms with Gasteiger partial charge in [-0.1, -0.05) is 46.9 Å². The Morgan fingerprint density at radius 3 is 2.67 bits per heavy atom. The molecule has 0 radical (unpaired) electrons. The number of fused-ring (bicyclic) bond motifs is 2. The van der Waals surface area contributed by atoms with E-state index in [-0.39, 0.29) is 0 Å². The highest BCUT2D eigenvalue weighted by Crippen LogP contribution is 2.76. The second-order valence-corrected chi connectivity index (χ2v) is 9.86. The number of hydrogen-bond acceptors (Lipinski definition) is 3. The molecule has 1 aromatic heterocycles. The Labute approximate surface area is 148 Å². The first kappa shape index (κ1) is 15.5. The minimum Gasteiger partial charge on any atom is -0.336 e. The van der Waals surface area contributed by atoms with Crippen molar-refractivity contribution < 1.29 is 0 Å². The van der Waals surface area contributed by atoms with Crippen LogP contribution in [0.15, 0.2) is 80.9 Å². The van der Waals surface area contributed by atoms with Crippen LogP contribution in [-0.4, -0.2) is 11.5 Å². The Hall–Kier alpha value is -2.04. The van der Waals surface area contributed by atoms with Crippen molar-refractivity contribution in [3.63, 3.8) is 0 Å². The molecule has 3 aromatic rings. The van der Waals surface area contributed by atoms with E-state index in [1.165, 1.54) is 24.7 Å². The molecule has 0 saturated heterocycles. The summed E-state index contributed by atoms with van der Waals surface area (Å²) in [6, 6.07) is 17.1. The molecule has 0 bridgehead atoms. The number of allylic oxidation sites excluding steroid dienone is 1. The fourth-order valence-corrected chi connectivity index (χ4v) is 8.64. The number of hydrogen-bond donors (Lipinski definition) is 0. The molecule has 0 fully saturated rings. The molecule has 4 rings (SSSR count). The van der Waals surface area contributed by atoms with Crippen molar-refractivity contribution >= 4 is 37.3 Å². The minimum atomic E-state index is -1.49. The van der Waals surface area contributed by atoms with Gasteiger partial charge in [-0.25, -0.2) is 4.98 Å². The maximum Gasteiger partial charge on any atom is 0.146 e. The molecule has 1 aliphatic heterocycles. The molecule has 1 atom stereocenters. The lowest BCUT2D eigenvalue weighted by Gasteiger charge is -2.33. The fraction of sp³-hybridized carbons (Fsp3) is 0.150. The monoisotopic (exact) mass is 352 g/mol. The normalized spacial score (nSPS) is 22.9. The zero-order valence-electron chi connectivity index (χ0n) is 13.9. The number of aromatic nitrogens is 1. The van der Waals surface area contributed by atoms with E-state index in [9.17, 15) is 0 Å². The van der Waals surface area contributed by atoms with Crippen molar-refractivity contribution in [1.82, 2.24) is 4.98 Å². The van der Waals surface area contributed by atoms with Crippen LogP contribution in [0.5, 0.6) is 0 Å². The third-order valence-corrected chi connectivity index (χ3v) is 9.58. The summed E-state index contributed by atoms with van der Waals surface area (Å²) in [7, 11) is -1.49. The average Bonchev–Trinajstić information content (AvgIpc) is 3.14. The van der Waals surface area contributed by atoms with E-state index in [2.05, 4.69) is 85.3 Å². The molecule has 0 spiro atoms. The molecule has 0 saturated carbocycles. The van der Waals surface area contributed by atoms with Crippen molar-refractivity contribution in [3.8, 4) is 0 Å². The lowest BCUT2D eigenvalue weighted by Crippen LogP contribution is -2.17. The zero-order valence-corrected chi connectivity index (χ0v) is 15.5. The van der Waals surface area contributed by atoms with Crippen molar-refractivity contribution in [1.29, 1.82) is 0 Å². The lowest BCUT2D eigenvalue weighted by molar-refractivity contribution is 1.00. The summed E-state index contributed by atoms with van der Waals surface area (Å²) in [6.45, 7) is 9.72. The number of benzene rings is 2.